The zero-order valence-electron chi connectivity index (χ0n) is 11.3. The Morgan fingerprint density at radius 1 is 1.05 bits per heavy atom. The average molecular weight is 270 g/mol. The summed E-state index contributed by atoms with van der Waals surface area (Å²) in [5, 5.41) is 3.44. The Morgan fingerprint density at radius 3 is 2.80 bits per heavy atom. The number of para-hydroxylation sites is 1. The van der Waals surface area contributed by atoms with E-state index >= 15 is 0 Å². The van der Waals surface area contributed by atoms with Crippen LogP contribution in [-0.2, 0) is 13.0 Å². The van der Waals surface area contributed by atoms with Gasteiger partial charge < -0.3 is 14.8 Å². The van der Waals surface area contributed by atoms with Crippen LogP contribution in [0.15, 0.2) is 42.7 Å². The molecular formula is C16H18N2O2. The van der Waals surface area contributed by atoms with Crippen LogP contribution in [0.25, 0.3) is 0 Å². The highest BCUT2D eigenvalue weighted by molar-refractivity contribution is 5.47. The largest absolute Gasteiger partial charge is 0.486 e. The maximum absolute atomic E-state index is 5.70. The number of aromatic nitrogens is 1. The summed E-state index contributed by atoms with van der Waals surface area (Å²) >= 11 is 0. The second kappa shape index (κ2) is 6.39. The SMILES string of the molecule is c1cc(CNCCc2ccncc2)c2c(c1)OCCO2. The van der Waals surface area contributed by atoms with Crippen LogP contribution in [-0.4, -0.2) is 24.7 Å². The second-order valence-corrected chi connectivity index (χ2v) is 4.72. The number of pyridine rings is 1. The Kier molecular flexibility index (Phi) is 4.13. The van der Waals surface area contributed by atoms with E-state index in [1.165, 1.54) is 5.56 Å². The molecule has 0 spiro atoms. The lowest BCUT2D eigenvalue weighted by Gasteiger charge is -2.21. The molecule has 0 bridgehead atoms. The molecule has 0 fully saturated rings. The van der Waals surface area contributed by atoms with Crippen molar-refractivity contribution in [2.24, 2.45) is 0 Å². The molecule has 1 aromatic carbocycles. The first-order valence-electron chi connectivity index (χ1n) is 6.90. The number of hydrogen-bond acceptors (Lipinski definition) is 4. The van der Waals surface area contributed by atoms with E-state index in [-0.39, 0.29) is 0 Å². The molecule has 1 aliphatic rings. The number of benzene rings is 1. The van der Waals surface area contributed by atoms with Crippen LogP contribution in [0.3, 0.4) is 0 Å². The molecule has 4 nitrogen and oxygen atoms in total. The maximum atomic E-state index is 5.70. The van der Waals surface area contributed by atoms with Crippen molar-refractivity contribution < 1.29 is 9.47 Å². The third-order valence-electron chi connectivity index (χ3n) is 3.30. The molecule has 4 heteroatoms. The summed E-state index contributed by atoms with van der Waals surface area (Å²) in [6, 6.07) is 10.1. The van der Waals surface area contributed by atoms with E-state index in [1.54, 1.807) is 0 Å². The Bertz CT molecular complexity index is 558. The maximum Gasteiger partial charge on any atom is 0.165 e. The zero-order valence-corrected chi connectivity index (χ0v) is 11.3. The summed E-state index contributed by atoms with van der Waals surface area (Å²) in [5.74, 6) is 1.74. The van der Waals surface area contributed by atoms with Crippen molar-refractivity contribution in [3.8, 4) is 11.5 Å². The Balaban J connectivity index is 1.54. The minimum absolute atomic E-state index is 0.626. The van der Waals surface area contributed by atoms with Crippen LogP contribution in [0.2, 0.25) is 0 Å². The van der Waals surface area contributed by atoms with Gasteiger partial charge in [0, 0.05) is 24.5 Å². The first kappa shape index (κ1) is 12.9. The Labute approximate surface area is 118 Å². The molecule has 2 heterocycles. The molecule has 0 radical (unpaired) electrons. The Morgan fingerprint density at radius 2 is 1.90 bits per heavy atom. The third-order valence-corrected chi connectivity index (χ3v) is 3.30. The quantitative estimate of drug-likeness (QED) is 0.846. The van der Waals surface area contributed by atoms with Gasteiger partial charge in [0.15, 0.2) is 11.5 Å². The normalized spacial score (nSPS) is 13.2. The number of rotatable bonds is 5. The molecule has 0 amide bonds. The number of fused-ring (bicyclic) bond motifs is 1. The van der Waals surface area contributed by atoms with Gasteiger partial charge in [-0.15, -0.1) is 0 Å². The monoisotopic (exact) mass is 270 g/mol. The smallest absolute Gasteiger partial charge is 0.165 e. The molecule has 1 N–H and O–H groups in total. The van der Waals surface area contributed by atoms with Crippen molar-refractivity contribution in [2.75, 3.05) is 19.8 Å². The second-order valence-electron chi connectivity index (χ2n) is 4.72. The molecule has 0 atom stereocenters. The fourth-order valence-electron chi connectivity index (χ4n) is 2.28. The highest BCUT2D eigenvalue weighted by Gasteiger charge is 2.14. The lowest BCUT2D eigenvalue weighted by Crippen LogP contribution is -2.20. The van der Waals surface area contributed by atoms with Gasteiger partial charge in [-0.25, -0.2) is 0 Å². The van der Waals surface area contributed by atoms with Crippen LogP contribution < -0.4 is 14.8 Å². The number of ether oxygens (including phenoxy) is 2. The van der Waals surface area contributed by atoms with Crippen LogP contribution in [0.1, 0.15) is 11.1 Å². The summed E-state index contributed by atoms with van der Waals surface area (Å²) in [7, 11) is 0. The molecule has 1 aliphatic heterocycles. The molecule has 104 valence electrons. The summed E-state index contributed by atoms with van der Waals surface area (Å²) in [5.41, 5.74) is 2.44. The number of hydrogen-bond donors (Lipinski definition) is 1. The minimum atomic E-state index is 0.626. The molecular weight excluding hydrogens is 252 g/mol. The first-order chi connectivity index (χ1) is 9.93. The zero-order chi connectivity index (χ0) is 13.6. The Hall–Kier alpha value is -2.07. The van der Waals surface area contributed by atoms with Gasteiger partial charge in [-0.3, -0.25) is 4.98 Å². The van der Waals surface area contributed by atoms with Crippen molar-refractivity contribution in [1.82, 2.24) is 10.3 Å². The molecule has 0 unspecified atom stereocenters. The van der Waals surface area contributed by atoms with Crippen LogP contribution in [0.5, 0.6) is 11.5 Å². The van der Waals surface area contributed by atoms with E-state index < -0.39 is 0 Å². The minimum Gasteiger partial charge on any atom is -0.486 e. The predicted molar refractivity (Wildman–Crippen MR) is 77.1 cm³/mol. The summed E-state index contributed by atoms with van der Waals surface area (Å²) in [6.07, 6.45) is 4.65. The van der Waals surface area contributed by atoms with Crippen LogP contribution in [0, 0.1) is 0 Å². The fraction of sp³-hybridized carbons (Fsp3) is 0.312. The van der Waals surface area contributed by atoms with Crippen molar-refractivity contribution in [1.29, 1.82) is 0 Å². The summed E-state index contributed by atoms with van der Waals surface area (Å²) in [4.78, 5) is 4.02. The van der Waals surface area contributed by atoms with Gasteiger partial charge in [-0.1, -0.05) is 12.1 Å². The van der Waals surface area contributed by atoms with E-state index in [1.807, 2.05) is 36.7 Å². The first-order valence-corrected chi connectivity index (χ1v) is 6.90. The van der Waals surface area contributed by atoms with E-state index in [0.29, 0.717) is 13.2 Å². The molecule has 20 heavy (non-hydrogen) atoms. The van der Waals surface area contributed by atoms with Gasteiger partial charge in [0.1, 0.15) is 13.2 Å². The standard InChI is InChI=1S/C16H18N2O2/c1-2-14(16-15(3-1)19-10-11-20-16)12-18-9-6-13-4-7-17-8-5-13/h1-5,7-8,18H,6,9-12H2. The van der Waals surface area contributed by atoms with E-state index in [0.717, 1.165) is 36.6 Å². The highest BCUT2D eigenvalue weighted by Crippen LogP contribution is 2.33. The van der Waals surface area contributed by atoms with Crippen LogP contribution in [0.4, 0.5) is 0 Å². The van der Waals surface area contributed by atoms with Gasteiger partial charge in [0.05, 0.1) is 0 Å². The fourth-order valence-corrected chi connectivity index (χ4v) is 2.28. The summed E-state index contributed by atoms with van der Waals surface area (Å²) in [6.45, 7) is 2.97. The molecule has 1 aromatic heterocycles. The summed E-state index contributed by atoms with van der Waals surface area (Å²) < 4.78 is 11.3. The van der Waals surface area contributed by atoms with Gasteiger partial charge in [-0.2, -0.15) is 0 Å². The van der Waals surface area contributed by atoms with Crippen molar-refractivity contribution in [3.63, 3.8) is 0 Å². The third kappa shape index (κ3) is 3.08. The van der Waals surface area contributed by atoms with Crippen molar-refractivity contribution in [2.45, 2.75) is 13.0 Å². The van der Waals surface area contributed by atoms with Crippen LogP contribution >= 0.6 is 0 Å². The number of nitrogens with one attached hydrogen (secondary N) is 1. The number of nitrogens with zero attached hydrogens (tertiary/aromatic N) is 1. The van der Waals surface area contributed by atoms with E-state index in [4.69, 9.17) is 9.47 Å². The molecule has 0 aliphatic carbocycles. The predicted octanol–water partition coefficient (Wildman–Crippen LogP) is 2.19. The average Bonchev–Trinajstić information content (AvgIpc) is 2.53. The molecule has 3 rings (SSSR count). The lowest BCUT2D eigenvalue weighted by atomic mass is 10.1. The van der Waals surface area contributed by atoms with Gasteiger partial charge in [0.25, 0.3) is 0 Å². The molecule has 0 saturated heterocycles. The van der Waals surface area contributed by atoms with Gasteiger partial charge in [0.2, 0.25) is 0 Å². The van der Waals surface area contributed by atoms with Crippen molar-refractivity contribution in [3.05, 3.63) is 53.9 Å². The molecule has 0 saturated carbocycles. The molecule has 2 aromatic rings. The lowest BCUT2D eigenvalue weighted by molar-refractivity contribution is 0.169. The topological polar surface area (TPSA) is 43.4 Å². The van der Waals surface area contributed by atoms with Gasteiger partial charge in [-0.05, 0) is 36.7 Å². The van der Waals surface area contributed by atoms with E-state index in [2.05, 4.69) is 16.4 Å². The van der Waals surface area contributed by atoms with Crippen molar-refractivity contribution >= 4 is 0 Å². The highest BCUT2D eigenvalue weighted by atomic mass is 16.6. The van der Waals surface area contributed by atoms with E-state index in [9.17, 15) is 0 Å². The van der Waals surface area contributed by atoms with Gasteiger partial charge >= 0.3 is 0 Å².